The zero-order valence-electron chi connectivity index (χ0n) is 11.7. The van der Waals surface area contributed by atoms with Crippen LogP contribution in [0.2, 0.25) is 0 Å². The van der Waals surface area contributed by atoms with Gasteiger partial charge in [0.1, 0.15) is 0 Å². The van der Waals surface area contributed by atoms with E-state index in [1.54, 1.807) is 0 Å². The highest BCUT2D eigenvalue weighted by atomic mass is 14.7. The molecule has 1 fully saturated rings. The lowest BCUT2D eigenvalue weighted by molar-refractivity contribution is 0.551. The van der Waals surface area contributed by atoms with Crippen molar-refractivity contribution in [3.63, 3.8) is 0 Å². The minimum absolute atomic E-state index is 0.217. The first-order valence-corrected chi connectivity index (χ1v) is 6.59. The molecule has 0 aliphatic heterocycles. The van der Waals surface area contributed by atoms with Crippen molar-refractivity contribution in [3.8, 4) is 0 Å². The van der Waals surface area contributed by atoms with E-state index in [0.717, 1.165) is 6.54 Å². The molecule has 2 atom stereocenters. The smallest absolute Gasteiger partial charge is 0.00375 e. The van der Waals surface area contributed by atoms with E-state index in [1.807, 2.05) is 0 Å². The molecule has 2 N–H and O–H groups in total. The van der Waals surface area contributed by atoms with Crippen LogP contribution in [-0.4, -0.2) is 6.54 Å². The van der Waals surface area contributed by atoms with Gasteiger partial charge in [0, 0.05) is 0 Å². The van der Waals surface area contributed by atoms with Crippen molar-refractivity contribution in [2.45, 2.75) is 46.0 Å². The number of rotatable bonds is 2. The number of hydrogen-bond acceptors (Lipinski definition) is 1. The second-order valence-electron chi connectivity index (χ2n) is 6.98. The van der Waals surface area contributed by atoms with Crippen LogP contribution in [0.15, 0.2) is 24.3 Å². The van der Waals surface area contributed by atoms with E-state index in [1.165, 1.54) is 11.1 Å². The van der Waals surface area contributed by atoms with Gasteiger partial charge in [-0.25, -0.2) is 0 Å². The number of nitrogens with two attached hydrogens (primary N) is 1. The molecule has 0 aromatic heterocycles. The van der Waals surface area contributed by atoms with Crippen LogP contribution >= 0.6 is 0 Å². The molecule has 0 radical (unpaired) electrons. The highest BCUT2D eigenvalue weighted by Gasteiger charge is 2.57. The lowest BCUT2D eigenvalue weighted by atomic mass is 9.81. The first kappa shape index (κ1) is 12.6. The fourth-order valence-corrected chi connectivity index (χ4v) is 3.25. The molecule has 0 saturated heterocycles. The Morgan fingerprint density at radius 2 is 1.76 bits per heavy atom. The summed E-state index contributed by atoms with van der Waals surface area (Å²) in [4.78, 5) is 0. The van der Waals surface area contributed by atoms with Gasteiger partial charge >= 0.3 is 0 Å². The minimum atomic E-state index is 0.217. The highest BCUT2D eigenvalue weighted by molar-refractivity contribution is 5.41. The molecule has 1 heteroatoms. The molecule has 0 heterocycles. The standard InChI is InChI=1S/C16H25N/c1-15(2,3)12-9-7-6-8-11(12)14-13(10-17)16(14,4)5/h6-9,13-14H,10,17H2,1-5H3. The molecular weight excluding hydrogens is 206 g/mol. The quantitative estimate of drug-likeness (QED) is 0.825. The van der Waals surface area contributed by atoms with Crippen LogP contribution in [0, 0.1) is 11.3 Å². The van der Waals surface area contributed by atoms with E-state index in [0.29, 0.717) is 17.3 Å². The minimum Gasteiger partial charge on any atom is -0.330 e. The molecule has 94 valence electrons. The Hall–Kier alpha value is -0.820. The molecule has 1 aromatic rings. The van der Waals surface area contributed by atoms with E-state index in [4.69, 9.17) is 5.73 Å². The summed E-state index contributed by atoms with van der Waals surface area (Å²) in [5.41, 5.74) is 9.48. The fourth-order valence-electron chi connectivity index (χ4n) is 3.25. The predicted octanol–water partition coefficient (Wildman–Crippen LogP) is 3.68. The first-order chi connectivity index (χ1) is 7.80. The van der Waals surface area contributed by atoms with Crippen LogP contribution in [0.4, 0.5) is 0 Å². The molecule has 0 amide bonds. The zero-order valence-corrected chi connectivity index (χ0v) is 11.7. The Kier molecular flexibility index (Phi) is 2.86. The second-order valence-corrected chi connectivity index (χ2v) is 6.98. The Morgan fingerprint density at radius 3 is 2.24 bits per heavy atom. The molecule has 2 rings (SSSR count). The van der Waals surface area contributed by atoms with Gasteiger partial charge in [-0.15, -0.1) is 0 Å². The lowest BCUT2D eigenvalue weighted by Gasteiger charge is -2.23. The van der Waals surface area contributed by atoms with E-state index in [9.17, 15) is 0 Å². The van der Waals surface area contributed by atoms with Gasteiger partial charge in [-0.3, -0.25) is 0 Å². The molecule has 1 nitrogen and oxygen atoms in total. The Balaban J connectivity index is 2.42. The van der Waals surface area contributed by atoms with Crippen molar-refractivity contribution >= 4 is 0 Å². The summed E-state index contributed by atoms with van der Waals surface area (Å²) in [6.07, 6.45) is 0. The van der Waals surface area contributed by atoms with Crippen molar-refractivity contribution < 1.29 is 0 Å². The van der Waals surface area contributed by atoms with Crippen molar-refractivity contribution in [2.24, 2.45) is 17.1 Å². The lowest BCUT2D eigenvalue weighted by Crippen LogP contribution is -2.14. The van der Waals surface area contributed by atoms with Crippen molar-refractivity contribution in [1.29, 1.82) is 0 Å². The molecule has 1 saturated carbocycles. The van der Waals surface area contributed by atoms with Gasteiger partial charge in [0.25, 0.3) is 0 Å². The summed E-state index contributed by atoms with van der Waals surface area (Å²) < 4.78 is 0. The summed E-state index contributed by atoms with van der Waals surface area (Å²) in [7, 11) is 0. The summed E-state index contributed by atoms with van der Waals surface area (Å²) >= 11 is 0. The summed E-state index contributed by atoms with van der Waals surface area (Å²) in [5.74, 6) is 1.29. The fraction of sp³-hybridized carbons (Fsp3) is 0.625. The topological polar surface area (TPSA) is 26.0 Å². The average Bonchev–Trinajstić information content (AvgIpc) is 2.79. The largest absolute Gasteiger partial charge is 0.330 e. The molecule has 1 aliphatic carbocycles. The monoisotopic (exact) mass is 231 g/mol. The van der Waals surface area contributed by atoms with Gasteiger partial charge in [-0.1, -0.05) is 58.9 Å². The van der Waals surface area contributed by atoms with E-state index < -0.39 is 0 Å². The van der Waals surface area contributed by atoms with Gasteiger partial charge in [0.15, 0.2) is 0 Å². The maximum atomic E-state index is 5.90. The van der Waals surface area contributed by atoms with E-state index in [-0.39, 0.29) is 5.41 Å². The number of benzene rings is 1. The summed E-state index contributed by atoms with van der Waals surface area (Å²) in [6.45, 7) is 12.4. The Morgan fingerprint density at radius 1 is 1.18 bits per heavy atom. The normalized spacial score (nSPS) is 26.9. The van der Waals surface area contributed by atoms with Gasteiger partial charge < -0.3 is 5.73 Å². The first-order valence-electron chi connectivity index (χ1n) is 6.59. The third-order valence-electron chi connectivity index (χ3n) is 4.41. The Bertz CT molecular complexity index is 412. The summed E-state index contributed by atoms with van der Waals surface area (Å²) in [6, 6.07) is 8.88. The van der Waals surface area contributed by atoms with Crippen LogP contribution in [0.1, 0.15) is 51.7 Å². The SMILES string of the molecule is CC(C)(C)c1ccccc1C1C(CN)C1(C)C. The maximum Gasteiger partial charge on any atom is -0.00375 e. The summed E-state index contributed by atoms with van der Waals surface area (Å²) in [5, 5.41) is 0. The van der Waals surface area contributed by atoms with Crippen LogP contribution < -0.4 is 5.73 Å². The van der Waals surface area contributed by atoms with Gasteiger partial charge in [-0.2, -0.15) is 0 Å². The van der Waals surface area contributed by atoms with Gasteiger partial charge in [-0.05, 0) is 40.3 Å². The van der Waals surface area contributed by atoms with Crippen LogP contribution in [0.3, 0.4) is 0 Å². The molecule has 0 bridgehead atoms. The van der Waals surface area contributed by atoms with Crippen molar-refractivity contribution in [3.05, 3.63) is 35.4 Å². The van der Waals surface area contributed by atoms with Gasteiger partial charge in [0.2, 0.25) is 0 Å². The molecule has 1 aliphatic rings. The Labute approximate surface area is 105 Å². The average molecular weight is 231 g/mol. The van der Waals surface area contributed by atoms with Crippen LogP contribution in [0.5, 0.6) is 0 Å². The number of hydrogen-bond donors (Lipinski definition) is 1. The maximum absolute atomic E-state index is 5.90. The van der Waals surface area contributed by atoms with E-state index in [2.05, 4.69) is 58.9 Å². The van der Waals surface area contributed by atoms with Crippen molar-refractivity contribution in [2.75, 3.05) is 6.54 Å². The molecule has 1 aromatic carbocycles. The third-order valence-corrected chi connectivity index (χ3v) is 4.41. The molecular formula is C16H25N. The van der Waals surface area contributed by atoms with E-state index >= 15 is 0 Å². The predicted molar refractivity (Wildman–Crippen MR) is 74.2 cm³/mol. The van der Waals surface area contributed by atoms with Crippen molar-refractivity contribution in [1.82, 2.24) is 0 Å². The van der Waals surface area contributed by atoms with Gasteiger partial charge in [0.05, 0.1) is 0 Å². The van der Waals surface area contributed by atoms with Crippen LogP contribution in [-0.2, 0) is 5.41 Å². The molecule has 17 heavy (non-hydrogen) atoms. The van der Waals surface area contributed by atoms with Crippen LogP contribution in [0.25, 0.3) is 0 Å². The third kappa shape index (κ3) is 2.01. The second kappa shape index (κ2) is 3.84. The zero-order chi connectivity index (χ0) is 12.8. The molecule has 2 unspecified atom stereocenters. The highest BCUT2D eigenvalue weighted by Crippen LogP contribution is 2.64. The molecule has 0 spiro atoms.